The molecule has 0 heterocycles. The molecule has 106 valence electrons. The van der Waals surface area contributed by atoms with E-state index in [0.29, 0.717) is 6.54 Å². The van der Waals surface area contributed by atoms with Gasteiger partial charge in [-0.15, -0.1) is 0 Å². The van der Waals surface area contributed by atoms with E-state index in [9.17, 15) is 0 Å². The quantitative estimate of drug-likeness (QED) is 0.822. The zero-order chi connectivity index (χ0) is 14.2. The van der Waals surface area contributed by atoms with Gasteiger partial charge in [0.25, 0.3) is 0 Å². The fourth-order valence-electron chi connectivity index (χ4n) is 1.99. The molecule has 0 fully saturated rings. The molecule has 0 unspecified atom stereocenters. The Kier molecular flexibility index (Phi) is 5.30. The number of methoxy groups -OCH3 is 1. The van der Waals surface area contributed by atoms with Crippen molar-refractivity contribution < 1.29 is 9.47 Å². The molecular formula is C17H21NO2. The van der Waals surface area contributed by atoms with Crippen LogP contribution in [-0.2, 0) is 6.54 Å². The molecule has 2 rings (SSSR count). The van der Waals surface area contributed by atoms with Crippen LogP contribution >= 0.6 is 0 Å². The van der Waals surface area contributed by atoms with Crippen LogP contribution in [0, 0.1) is 0 Å². The highest BCUT2D eigenvalue weighted by Gasteiger charge is 2.05. The number of benzene rings is 2. The van der Waals surface area contributed by atoms with Crippen molar-refractivity contribution in [3.8, 4) is 11.5 Å². The van der Waals surface area contributed by atoms with Gasteiger partial charge in [-0.2, -0.15) is 0 Å². The minimum Gasteiger partial charge on any atom is -0.496 e. The third-order valence-electron chi connectivity index (χ3n) is 3.01. The summed E-state index contributed by atoms with van der Waals surface area (Å²) in [6, 6.07) is 16.0. The maximum absolute atomic E-state index is 5.74. The topological polar surface area (TPSA) is 30.5 Å². The van der Waals surface area contributed by atoms with Crippen molar-refractivity contribution in [2.45, 2.75) is 19.9 Å². The van der Waals surface area contributed by atoms with E-state index in [0.717, 1.165) is 35.8 Å². The highest BCUT2D eigenvalue weighted by molar-refractivity contribution is 5.56. The summed E-state index contributed by atoms with van der Waals surface area (Å²) in [6.45, 7) is 3.54. The largest absolute Gasteiger partial charge is 0.496 e. The fraction of sp³-hybridized carbons (Fsp3) is 0.294. The molecule has 2 aromatic carbocycles. The second-order valence-electron chi connectivity index (χ2n) is 4.51. The Labute approximate surface area is 120 Å². The summed E-state index contributed by atoms with van der Waals surface area (Å²) < 4.78 is 11.1. The maximum Gasteiger partial charge on any atom is 0.142 e. The Morgan fingerprint density at radius 2 is 1.65 bits per heavy atom. The summed E-state index contributed by atoms with van der Waals surface area (Å²) in [4.78, 5) is 0. The number of hydrogen-bond donors (Lipinski definition) is 1. The lowest BCUT2D eigenvalue weighted by atomic mass is 10.2. The van der Waals surface area contributed by atoms with E-state index >= 15 is 0 Å². The third-order valence-corrected chi connectivity index (χ3v) is 3.01. The van der Waals surface area contributed by atoms with Crippen molar-refractivity contribution in [1.82, 2.24) is 0 Å². The molecular weight excluding hydrogens is 250 g/mol. The fourth-order valence-corrected chi connectivity index (χ4v) is 1.99. The average Bonchev–Trinajstić information content (AvgIpc) is 2.52. The maximum atomic E-state index is 5.74. The van der Waals surface area contributed by atoms with Gasteiger partial charge in [0, 0.05) is 12.1 Å². The van der Waals surface area contributed by atoms with Gasteiger partial charge >= 0.3 is 0 Å². The van der Waals surface area contributed by atoms with Gasteiger partial charge in [0.2, 0.25) is 0 Å². The Morgan fingerprint density at radius 1 is 0.950 bits per heavy atom. The van der Waals surface area contributed by atoms with Crippen LogP contribution in [-0.4, -0.2) is 13.7 Å². The van der Waals surface area contributed by atoms with Gasteiger partial charge in [-0.3, -0.25) is 0 Å². The molecule has 0 bridgehead atoms. The highest BCUT2D eigenvalue weighted by Crippen LogP contribution is 2.26. The van der Waals surface area contributed by atoms with Gasteiger partial charge in [0.1, 0.15) is 11.5 Å². The number of rotatable bonds is 7. The predicted octanol–water partition coefficient (Wildman–Crippen LogP) is 4.10. The molecule has 1 N–H and O–H groups in total. The third kappa shape index (κ3) is 3.67. The van der Waals surface area contributed by atoms with Gasteiger partial charge in [0.05, 0.1) is 19.4 Å². The smallest absolute Gasteiger partial charge is 0.142 e. The Bertz CT molecular complexity index is 540. The second-order valence-corrected chi connectivity index (χ2v) is 4.51. The normalized spacial score (nSPS) is 10.1. The van der Waals surface area contributed by atoms with Gasteiger partial charge in [0.15, 0.2) is 0 Å². The first-order valence-electron chi connectivity index (χ1n) is 6.92. The summed E-state index contributed by atoms with van der Waals surface area (Å²) in [5.41, 5.74) is 2.13. The Balaban J connectivity index is 2.06. The van der Waals surface area contributed by atoms with Crippen LogP contribution in [0.15, 0.2) is 48.5 Å². The zero-order valence-electron chi connectivity index (χ0n) is 12.1. The van der Waals surface area contributed by atoms with Crippen LogP contribution in [0.25, 0.3) is 0 Å². The standard InChI is InChI=1S/C17H21NO2/c1-3-12-20-17-11-7-5-9-15(17)18-13-14-8-4-6-10-16(14)19-2/h4-11,18H,3,12-13H2,1-2H3. The Morgan fingerprint density at radius 3 is 2.40 bits per heavy atom. The number of para-hydroxylation sites is 3. The van der Waals surface area contributed by atoms with E-state index in [4.69, 9.17) is 9.47 Å². The molecule has 0 saturated carbocycles. The monoisotopic (exact) mass is 271 g/mol. The highest BCUT2D eigenvalue weighted by atomic mass is 16.5. The number of nitrogens with one attached hydrogen (secondary N) is 1. The lowest BCUT2D eigenvalue weighted by Gasteiger charge is -2.14. The summed E-state index contributed by atoms with van der Waals surface area (Å²) in [6.07, 6.45) is 1.00. The Hall–Kier alpha value is -2.16. The van der Waals surface area contributed by atoms with Crippen LogP contribution in [0.1, 0.15) is 18.9 Å². The molecule has 0 aliphatic heterocycles. The van der Waals surface area contributed by atoms with Crippen molar-refractivity contribution in [2.75, 3.05) is 19.0 Å². The summed E-state index contributed by atoms with van der Waals surface area (Å²) in [7, 11) is 1.69. The minimum absolute atomic E-state index is 0.705. The molecule has 0 amide bonds. The molecule has 0 aromatic heterocycles. The van der Waals surface area contributed by atoms with Crippen LogP contribution in [0.2, 0.25) is 0 Å². The first kappa shape index (κ1) is 14.3. The first-order chi connectivity index (χ1) is 9.85. The van der Waals surface area contributed by atoms with Crippen LogP contribution in [0.4, 0.5) is 5.69 Å². The molecule has 0 atom stereocenters. The zero-order valence-corrected chi connectivity index (χ0v) is 12.1. The van der Waals surface area contributed by atoms with E-state index in [1.807, 2.05) is 42.5 Å². The van der Waals surface area contributed by atoms with E-state index < -0.39 is 0 Å². The van der Waals surface area contributed by atoms with E-state index in [1.54, 1.807) is 7.11 Å². The van der Waals surface area contributed by atoms with Gasteiger partial charge < -0.3 is 14.8 Å². The van der Waals surface area contributed by atoms with Gasteiger partial charge in [-0.25, -0.2) is 0 Å². The van der Waals surface area contributed by atoms with Crippen molar-refractivity contribution in [1.29, 1.82) is 0 Å². The molecule has 20 heavy (non-hydrogen) atoms. The van der Waals surface area contributed by atoms with Crippen LogP contribution in [0.5, 0.6) is 11.5 Å². The second kappa shape index (κ2) is 7.43. The first-order valence-corrected chi connectivity index (χ1v) is 6.92. The summed E-state index contributed by atoms with van der Waals surface area (Å²) >= 11 is 0. The van der Waals surface area contributed by atoms with Crippen molar-refractivity contribution in [3.63, 3.8) is 0 Å². The van der Waals surface area contributed by atoms with E-state index in [-0.39, 0.29) is 0 Å². The van der Waals surface area contributed by atoms with Crippen LogP contribution in [0.3, 0.4) is 0 Å². The molecule has 0 aliphatic rings. The molecule has 3 heteroatoms. The molecule has 0 aliphatic carbocycles. The van der Waals surface area contributed by atoms with Crippen molar-refractivity contribution in [2.24, 2.45) is 0 Å². The number of hydrogen-bond acceptors (Lipinski definition) is 3. The van der Waals surface area contributed by atoms with Crippen molar-refractivity contribution in [3.05, 3.63) is 54.1 Å². The predicted molar refractivity (Wildman–Crippen MR) is 82.5 cm³/mol. The lowest BCUT2D eigenvalue weighted by molar-refractivity contribution is 0.319. The minimum atomic E-state index is 0.705. The van der Waals surface area contributed by atoms with Gasteiger partial charge in [-0.1, -0.05) is 37.3 Å². The summed E-state index contributed by atoms with van der Waals surface area (Å²) in [5, 5.41) is 3.41. The SMILES string of the molecule is CCCOc1ccccc1NCc1ccccc1OC. The summed E-state index contributed by atoms with van der Waals surface area (Å²) in [5.74, 6) is 1.79. The number of anilines is 1. The molecule has 2 aromatic rings. The van der Waals surface area contributed by atoms with E-state index in [2.05, 4.69) is 18.3 Å². The number of ether oxygens (including phenoxy) is 2. The van der Waals surface area contributed by atoms with Crippen LogP contribution < -0.4 is 14.8 Å². The van der Waals surface area contributed by atoms with Gasteiger partial charge in [-0.05, 0) is 24.6 Å². The lowest BCUT2D eigenvalue weighted by Crippen LogP contribution is -2.04. The average molecular weight is 271 g/mol. The molecule has 0 spiro atoms. The molecule has 0 saturated heterocycles. The van der Waals surface area contributed by atoms with Crippen molar-refractivity contribution >= 4 is 5.69 Å². The molecule has 0 radical (unpaired) electrons. The molecule has 3 nitrogen and oxygen atoms in total. The van der Waals surface area contributed by atoms with E-state index in [1.165, 1.54) is 0 Å².